The van der Waals surface area contributed by atoms with E-state index in [1.54, 1.807) is 18.2 Å². The van der Waals surface area contributed by atoms with Crippen LogP contribution in [-0.2, 0) is 4.79 Å². The lowest BCUT2D eigenvalue weighted by Crippen LogP contribution is -2.27. The average Bonchev–Trinajstić information content (AvgIpc) is 2.45. The van der Waals surface area contributed by atoms with E-state index in [4.69, 9.17) is 22.4 Å². The highest BCUT2D eigenvalue weighted by molar-refractivity contribution is 6.34. The predicted molar refractivity (Wildman–Crippen MR) is 87.5 cm³/mol. The third-order valence-corrected chi connectivity index (χ3v) is 3.54. The zero-order valence-corrected chi connectivity index (χ0v) is 13.2. The first-order valence-electron chi connectivity index (χ1n) is 7.25. The van der Waals surface area contributed by atoms with E-state index in [2.05, 4.69) is 17.1 Å². The molecule has 0 aliphatic heterocycles. The zero-order valence-electron chi connectivity index (χ0n) is 12.4. The van der Waals surface area contributed by atoms with E-state index in [9.17, 15) is 4.79 Å². The summed E-state index contributed by atoms with van der Waals surface area (Å²) >= 11 is 6.01. The SMILES string of the molecule is CCN(CCCO)CCCC(=O)Nc1ccc(N)cc1Cl. The van der Waals surface area contributed by atoms with E-state index in [1.807, 2.05) is 0 Å². The molecule has 0 atom stereocenters. The number of carbonyl (C=O) groups excluding carboxylic acids is 1. The molecular formula is C15H24ClN3O2. The lowest BCUT2D eigenvalue weighted by molar-refractivity contribution is -0.116. The number of nitrogen functional groups attached to an aromatic ring is 1. The van der Waals surface area contributed by atoms with Gasteiger partial charge in [0.15, 0.2) is 0 Å². The Balaban J connectivity index is 2.33. The second-order valence-electron chi connectivity index (χ2n) is 4.90. The number of anilines is 2. The average molecular weight is 314 g/mol. The molecule has 0 saturated heterocycles. The summed E-state index contributed by atoms with van der Waals surface area (Å²) < 4.78 is 0. The highest BCUT2D eigenvalue weighted by Gasteiger charge is 2.07. The van der Waals surface area contributed by atoms with Crippen LogP contribution >= 0.6 is 11.6 Å². The van der Waals surface area contributed by atoms with Gasteiger partial charge in [0, 0.05) is 25.3 Å². The Morgan fingerprint density at radius 1 is 1.38 bits per heavy atom. The Kier molecular flexibility index (Phi) is 8.12. The summed E-state index contributed by atoms with van der Waals surface area (Å²) in [6, 6.07) is 5.02. The molecule has 1 amide bonds. The Labute approximate surface area is 131 Å². The minimum Gasteiger partial charge on any atom is -0.399 e. The van der Waals surface area contributed by atoms with Crippen LogP contribution in [0.4, 0.5) is 11.4 Å². The van der Waals surface area contributed by atoms with Crippen molar-refractivity contribution in [1.29, 1.82) is 0 Å². The molecule has 4 N–H and O–H groups in total. The van der Waals surface area contributed by atoms with Crippen LogP contribution in [0.5, 0.6) is 0 Å². The van der Waals surface area contributed by atoms with Crippen molar-refractivity contribution >= 4 is 28.9 Å². The highest BCUT2D eigenvalue weighted by atomic mass is 35.5. The number of nitrogens with one attached hydrogen (secondary N) is 1. The quantitative estimate of drug-likeness (QED) is 0.611. The summed E-state index contributed by atoms with van der Waals surface area (Å²) in [6.07, 6.45) is 1.98. The maximum absolute atomic E-state index is 11.9. The molecule has 0 radical (unpaired) electrons. The molecule has 6 heteroatoms. The number of rotatable bonds is 9. The molecule has 0 aromatic heterocycles. The molecule has 0 aliphatic rings. The molecule has 1 rings (SSSR count). The van der Waals surface area contributed by atoms with Crippen molar-refractivity contribution in [3.05, 3.63) is 23.2 Å². The van der Waals surface area contributed by atoms with Crippen molar-refractivity contribution in [2.24, 2.45) is 0 Å². The zero-order chi connectivity index (χ0) is 15.7. The summed E-state index contributed by atoms with van der Waals surface area (Å²) in [6.45, 7) is 4.90. The lowest BCUT2D eigenvalue weighted by atomic mass is 10.2. The fourth-order valence-corrected chi connectivity index (χ4v) is 2.27. The second-order valence-corrected chi connectivity index (χ2v) is 5.31. The monoisotopic (exact) mass is 313 g/mol. The molecule has 1 aromatic carbocycles. The van der Waals surface area contributed by atoms with Crippen molar-refractivity contribution in [3.8, 4) is 0 Å². The van der Waals surface area contributed by atoms with Crippen LogP contribution in [0.25, 0.3) is 0 Å². The van der Waals surface area contributed by atoms with Gasteiger partial charge in [0.25, 0.3) is 0 Å². The molecule has 0 bridgehead atoms. The lowest BCUT2D eigenvalue weighted by Gasteiger charge is -2.19. The first kappa shape index (κ1) is 17.8. The van der Waals surface area contributed by atoms with E-state index in [-0.39, 0.29) is 12.5 Å². The van der Waals surface area contributed by atoms with Gasteiger partial charge in [-0.3, -0.25) is 4.79 Å². The molecule has 118 valence electrons. The largest absolute Gasteiger partial charge is 0.399 e. The highest BCUT2D eigenvalue weighted by Crippen LogP contribution is 2.24. The molecule has 0 aliphatic carbocycles. The molecular weight excluding hydrogens is 290 g/mol. The molecule has 21 heavy (non-hydrogen) atoms. The van der Waals surface area contributed by atoms with Crippen LogP contribution in [0.2, 0.25) is 5.02 Å². The second kappa shape index (κ2) is 9.60. The Bertz CT molecular complexity index is 455. The number of hydrogen-bond acceptors (Lipinski definition) is 4. The number of nitrogens with two attached hydrogens (primary N) is 1. The Morgan fingerprint density at radius 2 is 2.10 bits per heavy atom. The third kappa shape index (κ3) is 6.80. The molecule has 0 fully saturated rings. The van der Waals surface area contributed by atoms with E-state index in [1.165, 1.54) is 0 Å². The van der Waals surface area contributed by atoms with Crippen LogP contribution in [-0.4, -0.2) is 42.2 Å². The molecule has 0 heterocycles. The number of aliphatic hydroxyl groups excluding tert-OH is 1. The van der Waals surface area contributed by atoms with Crippen LogP contribution in [0, 0.1) is 0 Å². The summed E-state index contributed by atoms with van der Waals surface area (Å²) in [4.78, 5) is 14.1. The summed E-state index contributed by atoms with van der Waals surface area (Å²) in [7, 11) is 0. The van der Waals surface area contributed by atoms with Crippen molar-refractivity contribution in [2.75, 3.05) is 37.3 Å². The van der Waals surface area contributed by atoms with E-state index < -0.39 is 0 Å². The predicted octanol–water partition coefficient (Wildman–Crippen LogP) is 2.35. The van der Waals surface area contributed by atoms with E-state index in [0.717, 1.165) is 32.5 Å². The fraction of sp³-hybridized carbons (Fsp3) is 0.533. The fourth-order valence-electron chi connectivity index (χ4n) is 2.03. The molecule has 0 spiro atoms. The van der Waals surface area contributed by atoms with Crippen LogP contribution in [0.15, 0.2) is 18.2 Å². The Hall–Kier alpha value is -1.30. The van der Waals surface area contributed by atoms with Gasteiger partial charge in [0.05, 0.1) is 10.7 Å². The van der Waals surface area contributed by atoms with Gasteiger partial charge in [-0.25, -0.2) is 0 Å². The maximum atomic E-state index is 11.9. The number of aliphatic hydroxyl groups is 1. The minimum atomic E-state index is -0.0557. The van der Waals surface area contributed by atoms with Gasteiger partial charge in [0.1, 0.15) is 0 Å². The minimum absolute atomic E-state index is 0.0557. The van der Waals surface area contributed by atoms with Gasteiger partial charge in [-0.05, 0) is 44.1 Å². The third-order valence-electron chi connectivity index (χ3n) is 3.23. The number of benzene rings is 1. The first-order valence-corrected chi connectivity index (χ1v) is 7.62. The van der Waals surface area contributed by atoms with E-state index in [0.29, 0.717) is 22.8 Å². The van der Waals surface area contributed by atoms with Gasteiger partial charge in [-0.15, -0.1) is 0 Å². The number of hydrogen-bond donors (Lipinski definition) is 3. The van der Waals surface area contributed by atoms with Crippen molar-refractivity contribution < 1.29 is 9.90 Å². The van der Waals surface area contributed by atoms with Crippen LogP contribution in [0.3, 0.4) is 0 Å². The maximum Gasteiger partial charge on any atom is 0.224 e. The Morgan fingerprint density at radius 3 is 2.71 bits per heavy atom. The van der Waals surface area contributed by atoms with E-state index >= 15 is 0 Å². The normalized spacial score (nSPS) is 10.9. The van der Waals surface area contributed by atoms with Crippen molar-refractivity contribution in [3.63, 3.8) is 0 Å². The smallest absolute Gasteiger partial charge is 0.224 e. The van der Waals surface area contributed by atoms with Gasteiger partial charge in [-0.2, -0.15) is 0 Å². The summed E-state index contributed by atoms with van der Waals surface area (Å²) in [5.41, 5.74) is 6.76. The van der Waals surface area contributed by atoms with Crippen LogP contribution < -0.4 is 11.1 Å². The summed E-state index contributed by atoms with van der Waals surface area (Å²) in [5.74, 6) is -0.0557. The first-order chi connectivity index (χ1) is 10.1. The molecule has 1 aromatic rings. The molecule has 0 saturated carbocycles. The van der Waals surface area contributed by atoms with Gasteiger partial charge < -0.3 is 21.1 Å². The molecule has 5 nitrogen and oxygen atoms in total. The van der Waals surface area contributed by atoms with Gasteiger partial charge in [0.2, 0.25) is 5.91 Å². The topological polar surface area (TPSA) is 78.6 Å². The van der Waals surface area contributed by atoms with Crippen molar-refractivity contribution in [2.45, 2.75) is 26.2 Å². The summed E-state index contributed by atoms with van der Waals surface area (Å²) in [5, 5.41) is 12.1. The van der Waals surface area contributed by atoms with Crippen LogP contribution in [0.1, 0.15) is 26.2 Å². The molecule has 0 unspecified atom stereocenters. The van der Waals surface area contributed by atoms with Gasteiger partial charge >= 0.3 is 0 Å². The number of carbonyl (C=O) groups is 1. The number of nitrogens with zero attached hydrogens (tertiary/aromatic N) is 1. The number of amides is 1. The van der Waals surface area contributed by atoms with Crippen molar-refractivity contribution in [1.82, 2.24) is 4.90 Å². The number of halogens is 1. The van der Waals surface area contributed by atoms with Gasteiger partial charge in [-0.1, -0.05) is 18.5 Å². The standard InChI is InChI=1S/C15H24ClN3O2/c1-2-19(9-4-10-20)8-3-5-15(21)18-14-7-6-12(17)11-13(14)16/h6-7,11,20H,2-5,8-10,17H2,1H3,(H,18,21).